The summed E-state index contributed by atoms with van der Waals surface area (Å²) in [5.74, 6) is -0.921. The first-order valence-corrected chi connectivity index (χ1v) is 22.8. The summed E-state index contributed by atoms with van der Waals surface area (Å²) in [6, 6.07) is 7.63. The van der Waals surface area contributed by atoms with Gasteiger partial charge >= 0.3 is 11.9 Å². The number of allylic oxidation sites excluding steroid dienone is 1. The van der Waals surface area contributed by atoms with E-state index in [-0.39, 0.29) is 71.0 Å². The molecule has 0 saturated heterocycles. The molecule has 6 rings (SSSR count). The number of benzene rings is 1. The summed E-state index contributed by atoms with van der Waals surface area (Å²) in [5.41, 5.74) is 6.71. The zero-order valence-corrected chi connectivity index (χ0v) is 39.0. The Bertz CT molecular complexity index is 1940. The maximum atomic E-state index is 15.3. The fourth-order valence-electron chi connectivity index (χ4n) is 13.8. The SMILES string of the molecule is CC(=O)N(C)CCN(CC(=O)[C@@]12CC[C@]3(C)C(N)(CC[C@@H]4C5(C)CC[C@H](OC(=O)CC(C)(C)C(=O)O)C(C)(C)[C@@H]5CC[C@]43C)C1=C(C(C)C)C(=O)C2)Cc1ccc(Cl)cc1. The number of esters is 1. The van der Waals surface area contributed by atoms with Gasteiger partial charge in [-0.3, -0.25) is 28.9 Å². The number of ketones is 2. The lowest BCUT2D eigenvalue weighted by Gasteiger charge is -2.74. The first kappa shape index (κ1) is 46.4. The second-order valence-corrected chi connectivity index (χ2v) is 22.4. The molecule has 0 heterocycles. The molecule has 4 fully saturated rings. The molecule has 2 unspecified atom stereocenters. The van der Waals surface area contributed by atoms with Crippen molar-refractivity contribution in [1.29, 1.82) is 0 Å². The van der Waals surface area contributed by atoms with Crippen LogP contribution in [0.1, 0.15) is 139 Å². The quantitative estimate of drug-likeness (QED) is 0.186. The van der Waals surface area contributed by atoms with Gasteiger partial charge in [0.2, 0.25) is 5.91 Å². The van der Waals surface area contributed by atoms with Gasteiger partial charge in [-0.1, -0.05) is 72.2 Å². The lowest BCUT2D eigenvalue weighted by Crippen LogP contribution is -2.74. The molecule has 332 valence electrons. The maximum Gasteiger partial charge on any atom is 0.309 e. The Morgan fingerprint density at radius 2 is 1.57 bits per heavy atom. The second-order valence-electron chi connectivity index (χ2n) is 21.9. The van der Waals surface area contributed by atoms with Crippen molar-refractivity contribution in [3.05, 3.63) is 46.0 Å². The number of amides is 1. The molecule has 1 aromatic carbocycles. The van der Waals surface area contributed by atoms with Crippen LogP contribution in [0.3, 0.4) is 0 Å². The number of aliphatic carboxylic acids is 1. The standard InChI is InChI=1S/C49H72ClN3O7/c1-30(2)40-34(55)26-48(37(56)29-53(25-24-52(11)31(3)54)28-32-12-14-33(50)15-13-32)23-22-47(10)46(9)20-16-35-44(6,7)38(60-39(57)27-43(4,5)42(58)59)18-19-45(35,8)36(46)17-21-49(47,51)41(40)48/h12-15,30,35-36,38H,16-29,51H2,1-11H3,(H,58,59)/t35-,36+,38-,45?,46+,47-,48-,49?/m0/s1. The summed E-state index contributed by atoms with van der Waals surface area (Å²) < 4.78 is 6.18. The molecule has 1 amide bonds. The highest BCUT2D eigenvalue weighted by Gasteiger charge is 2.74. The van der Waals surface area contributed by atoms with Crippen molar-refractivity contribution in [2.45, 2.75) is 152 Å². The van der Waals surface area contributed by atoms with E-state index in [1.165, 1.54) is 0 Å². The van der Waals surface area contributed by atoms with Gasteiger partial charge in [0.05, 0.1) is 23.8 Å². The number of halogens is 1. The molecule has 60 heavy (non-hydrogen) atoms. The van der Waals surface area contributed by atoms with Gasteiger partial charge in [0.25, 0.3) is 0 Å². The number of rotatable bonds is 13. The number of hydrogen-bond acceptors (Lipinski definition) is 8. The Morgan fingerprint density at radius 3 is 2.17 bits per heavy atom. The van der Waals surface area contributed by atoms with E-state index in [0.29, 0.717) is 49.8 Å². The molecule has 5 aliphatic carbocycles. The third-order valence-electron chi connectivity index (χ3n) is 17.6. The van der Waals surface area contributed by atoms with Crippen LogP contribution >= 0.6 is 11.6 Å². The fourth-order valence-corrected chi connectivity index (χ4v) is 13.9. The number of hydrogen-bond donors (Lipinski definition) is 2. The molecule has 1 aromatic rings. The van der Waals surface area contributed by atoms with Gasteiger partial charge in [-0.15, -0.1) is 0 Å². The number of fused-ring (bicyclic) bond motifs is 7. The van der Waals surface area contributed by atoms with Gasteiger partial charge < -0.3 is 20.5 Å². The smallest absolute Gasteiger partial charge is 0.309 e. The zero-order valence-electron chi connectivity index (χ0n) is 38.3. The summed E-state index contributed by atoms with van der Waals surface area (Å²) >= 11 is 6.23. The van der Waals surface area contributed by atoms with Gasteiger partial charge in [-0.05, 0) is 128 Å². The highest BCUT2D eigenvalue weighted by atomic mass is 35.5. The van der Waals surface area contributed by atoms with Crippen molar-refractivity contribution >= 4 is 41.0 Å². The molecule has 4 saturated carbocycles. The van der Waals surface area contributed by atoms with Crippen molar-refractivity contribution in [1.82, 2.24) is 9.80 Å². The monoisotopic (exact) mass is 850 g/mol. The van der Waals surface area contributed by atoms with Crippen LogP contribution in [-0.2, 0) is 35.3 Å². The van der Waals surface area contributed by atoms with Crippen molar-refractivity contribution in [2.75, 3.05) is 26.7 Å². The Labute approximate surface area is 363 Å². The first-order chi connectivity index (χ1) is 27.7. The summed E-state index contributed by atoms with van der Waals surface area (Å²) in [4.78, 5) is 70.7. The number of ether oxygens (including phenoxy) is 1. The lowest BCUT2D eigenvalue weighted by molar-refractivity contribution is -0.236. The molecule has 11 heteroatoms. The molecule has 0 aliphatic heterocycles. The number of Topliss-reactive ketones (excluding diaryl/α,β-unsaturated/α-hetero) is 2. The number of nitrogens with zero attached hydrogens (tertiary/aromatic N) is 2. The van der Waals surface area contributed by atoms with Crippen LogP contribution in [0.4, 0.5) is 0 Å². The Kier molecular flexibility index (Phi) is 12.3. The fraction of sp³-hybridized carbons (Fsp3) is 0.735. The summed E-state index contributed by atoms with van der Waals surface area (Å²) in [7, 11) is 1.77. The van der Waals surface area contributed by atoms with Crippen LogP contribution in [-0.4, -0.2) is 82.6 Å². The lowest BCUT2D eigenvalue weighted by atomic mass is 9.31. The molecular weight excluding hydrogens is 778 g/mol. The Balaban J connectivity index is 1.32. The minimum Gasteiger partial charge on any atom is -0.481 e. The van der Waals surface area contributed by atoms with Gasteiger partial charge in [0.15, 0.2) is 11.6 Å². The number of carbonyl (C=O) groups is 5. The van der Waals surface area contributed by atoms with Crippen molar-refractivity contribution in [3.8, 4) is 0 Å². The van der Waals surface area contributed by atoms with Gasteiger partial charge in [0, 0.05) is 56.0 Å². The van der Waals surface area contributed by atoms with Crippen LogP contribution in [0.15, 0.2) is 35.4 Å². The molecule has 0 bridgehead atoms. The number of likely N-dealkylation sites (N-methyl/N-ethyl adjacent to an activating group) is 1. The minimum absolute atomic E-state index is 0.0390. The van der Waals surface area contributed by atoms with Gasteiger partial charge in [0.1, 0.15) is 6.10 Å². The van der Waals surface area contributed by atoms with E-state index in [4.69, 9.17) is 22.1 Å². The van der Waals surface area contributed by atoms with E-state index in [1.54, 1.807) is 32.7 Å². The summed E-state index contributed by atoms with van der Waals surface area (Å²) in [5, 5.41) is 10.3. The van der Waals surface area contributed by atoms with Gasteiger partial charge in [-0.25, -0.2) is 0 Å². The minimum atomic E-state index is -1.20. The molecule has 10 nitrogen and oxygen atoms in total. The number of carbonyl (C=O) groups excluding carboxylic acids is 4. The molecule has 0 aromatic heterocycles. The van der Waals surface area contributed by atoms with E-state index in [0.717, 1.165) is 48.8 Å². The van der Waals surface area contributed by atoms with Crippen LogP contribution in [0.5, 0.6) is 0 Å². The van der Waals surface area contributed by atoms with Crippen LogP contribution in [0, 0.1) is 50.2 Å². The van der Waals surface area contributed by atoms with Crippen LogP contribution < -0.4 is 5.73 Å². The highest BCUT2D eigenvalue weighted by molar-refractivity contribution is 6.30. The normalized spacial score (nSPS) is 34.7. The number of nitrogens with two attached hydrogens (primary N) is 1. The zero-order chi connectivity index (χ0) is 44.6. The van der Waals surface area contributed by atoms with Gasteiger partial charge in [-0.2, -0.15) is 0 Å². The predicted octanol–water partition coefficient (Wildman–Crippen LogP) is 8.66. The predicted molar refractivity (Wildman–Crippen MR) is 234 cm³/mol. The average Bonchev–Trinajstić information content (AvgIpc) is 3.47. The largest absolute Gasteiger partial charge is 0.481 e. The Hall–Kier alpha value is -3.08. The molecule has 0 radical (unpaired) electrons. The third-order valence-corrected chi connectivity index (χ3v) is 17.8. The molecule has 5 aliphatic rings. The molecule has 3 N–H and O–H groups in total. The van der Waals surface area contributed by atoms with Crippen molar-refractivity contribution in [2.24, 2.45) is 56.0 Å². The highest BCUT2D eigenvalue weighted by Crippen LogP contribution is 2.77. The average molecular weight is 851 g/mol. The summed E-state index contributed by atoms with van der Waals surface area (Å²) in [6.07, 6.45) is 5.99. The van der Waals surface area contributed by atoms with E-state index in [2.05, 4.69) is 53.4 Å². The summed E-state index contributed by atoms with van der Waals surface area (Å²) in [6.45, 7) is 22.1. The first-order valence-electron chi connectivity index (χ1n) is 22.4. The number of carboxylic acid groups (broad SMARTS) is 1. The van der Waals surface area contributed by atoms with Crippen molar-refractivity contribution in [3.63, 3.8) is 0 Å². The molecular formula is C49H72ClN3O7. The number of carboxylic acids is 1. The van der Waals surface area contributed by atoms with E-state index in [1.807, 2.05) is 24.3 Å². The van der Waals surface area contributed by atoms with Crippen LogP contribution in [0.25, 0.3) is 0 Å². The van der Waals surface area contributed by atoms with E-state index in [9.17, 15) is 24.3 Å². The molecule has 0 spiro atoms. The maximum absolute atomic E-state index is 15.3. The Morgan fingerprint density at radius 1 is 0.933 bits per heavy atom. The van der Waals surface area contributed by atoms with Crippen molar-refractivity contribution < 1.29 is 33.8 Å². The van der Waals surface area contributed by atoms with E-state index < -0.39 is 33.7 Å². The third kappa shape index (κ3) is 7.40. The second kappa shape index (κ2) is 15.9. The van der Waals surface area contributed by atoms with Crippen LogP contribution in [0.2, 0.25) is 5.02 Å². The van der Waals surface area contributed by atoms with E-state index >= 15 is 4.79 Å². The topological polar surface area (TPSA) is 147 Å². The molecule has 8 atom stereocenters.